The van der Waals surface area contributed by atoms with Gasteiger partial charge >= 0.3 is 0 Å². The maximum atomic E-state index is 12.8. The van der Waals surface area contributed by atoms with Gasteiger partial charge in [-0.05, 0) is 110 Å². The molecule has 4 saturated carbocycles. The van der Waals surface area contributed by atoms with Crippen LogP contribution in [0.5, 0.6) is 0 Å². The third kappa shape index (κ3) is 3.25. The topological polar surface area (TPSA) is 34.1 Å². The Kier molecular flexibility index (Phi) is 5.95. The predicted molar refractivity (Wildman–Crippen MR) is 132 cm³/mol. The molecule has 2 heteroatoms. The molecular weight excluding hydrogens is 392 g/mol. The lowest BCUT2D eigenvalue weighted by Gasteiger charge is -2.69. The highest BCUT2D eigenvalue weighted by Gasteiger charge is 2.68. The lowest BCUT2D eigenvalue weighted by atomic mass is 9.35. The third-order valence-corrected chi connectivity index (χ3v) is 11.8. The van der Waals surface area contributed by atoms with Crippen molar-refractivity contribution in [3.8, 4) is 0 Å². The van der Waals surface area contributed by atoms with Crippen LogP contribution in [0.3, 0.4) is 0 Å². The van der Waals surface area contributed by atoms with Gasteiger partial charge in [-0.1, -0.05) is 52.8 Å². The van der Waals surface area contributed by atoms with Gasteiger partial charge in [-0.25, -0.2) is 0 Å². The number of hydrogen-bond donors (Lipinski definition) is 0. The molecule has 4 fully saturated rings. The van der Waals surface area contributed by atoms with Crippen LogP contribution >= 0.6 is 0 Å². The molecule has 0 amide bonds. The summed E-state index contributed by atoms with van der Waals surface area (Å²) in [7, 11) is 0. The SMILES string of the molecule is C=C(CC/C=C(\C)C=O)[C@H]1CC[C@]2(C)[C@@H]1CC[C@@H]1[C@@]3(C)CCC(=O)C(C)(C)[C@@H]3CC[C@]12C. The molecule has 0 aromatic carbocycles. The van der Waals surface area contributed by atoms with Gasteiger partial charge < -0.3 is 0 Å². The maximum absolute atomic E-state index is 12.8. The molecule has 0 aliphatic heterocycles. The molecule has 0 radical (unpaired) electrons. The average Bonchev–Trinajstić information content (AvgIpc) is 3.09. The van der Waals surface area contributed by atoms with Crippen molar-refractivity contribution in [2.45, 2.75) is 106 Å². The second-order valence-electron chi connectivity index (χ2n) is 13.2. The van der Waals surface area contributed by atoms with E-state index >= 15 is 0 Å². The number of allylic oxidation sites excluding steroid dienone is 3. The van der Waals surface area contributed by atoms with E-state index in [0.29, 0.717) is 33.9 Å². The lowest BCUT2D eigenvalue weighted by molar-refractivity contribution is -0.201. The van der Waals surface area contributed by atoms with Gasteiger partial charge in [-0.2, -0.15) is 0 Å². The van der Waals surface area contributed by atoms with Gasteiger partial charge in [0.2, 0.25) is 0 Å². The first-order valence-corrected chi connectivity index (χ1v) is 13.2. The molecule has 7 atom stereocenters. The van der Waals surface area contributed by atoms with E-state index in [-0.39, 0.29) is 5.41 Å². The standard InChI is InChI=1S/C30H46O2/c1-20(19-31)9-8-10-21(2)22-13-17-29(6)23(22)11-12-25-28(5)16-15-26(32)27(3,4)24(28)14-18-30(25,29)7/h9,19,22-25H,2,8,10-18H2,1,3-7H3/b20-9+/t22-,23-,24+,25-,28+,29-,30-/m1/s1. The van der Waals surface area contributed by atoms with Crippen molar-refractivity contribution in [2.24, 2.45) is 45.3 Å². The number of ketones is 1. The minimum Gasteiger partial charge on any atom is -0.299 e. The van der Waals surface area contributed by atoms with E-state index < -0.39 is 0 Å². The summed E-state index contributed by atoms with van der Waals surface area (Å²) < 4.78 is 0. The van der Waals surface area contributed by atoms with E-state index in [0.717, 1.165) is 49.4 Å². The number of rotatable bonds is 5. The van der Waals surface area contributed by atoms with Crippen molar-refractivity contribution in [1.82, 2.24) is 0 Å². The third-order valence-electron chi connectivity index (χ3n) is 11.8. The molecule has 4 aliphatic carbocycles. The highest BCUT2D eigenvalue weighted by molar-refractivity contribution is 5.85. The highest BCUT2D eigenvalue weighted by Crippen LogP contribution is 2.75. The van der Waals surface area contributed by atoms with Crippen molar-refractivity contribution in [3.63, 3.8) is 0 Å². The molecule has 0 bridgehead atoms. The van der Waals surface area contributed by atoms with E-state index in [1.54, 1.807) is 0 Å². The van der Waals surface area contributed by atoms with Crippen molar-refractivity contribution >= 4 is 12.1 Å². The summed E-state index contributed by atoms with van der Waals surface area (Å²) in [5.74, 6) is 3.14. The fraction of sp³-hybridized carbons (Fsp3) is 0.800. The lowest BCUT2D eigenvalue weighted by Crippen LogP contribution is -2.63. The van der Waals surface area contributed by atoms with Gasteiger partial charge in [-0.15, -0.1) is 0 Å². The second-order valence-corrected chi connectivity index (χ2v) is 13.2. The Morgan fingerprint density at radius 1 is 0.969 bits per heavy atom. The summed E-state index contributed by atoms with van der Waals surface area (Å²) in [6.45, 7) is 18.7. The zero-order chi connectivity index (χ0) is 23.5. The van der Waals surface area contributed by atoms with E-state index in [4.69, 9.17) is 0 Å². The van der Waals surface area contributed by atoms with Crippen LogP contribution in [0, 0.1) is 45.3 Å². The molecule has 0 aromatic rings. The smallest absolute Gasteiger partial charge is 0.145 e. The van der Waals surface area contributed by atoms with Gasteiger partial charge in [0.05, 0.1) is 0 Å². The molecule has 0 spiro atoms. The molecule has 0 saturated heterocycles. The zero-order valence-electron chi connectivity index (χ0n) is 21.6. The van der Waals surface area contributed by atoms with E-state index in [1.807, 2.05) is 6.92 Å². The monoisotopic (exact) mass is 438 g/mol. The number of aldehydes is 1. The van der Waals surface area contributed by atoms with Crippen molar-refractivity contribution in [2.75, 3.05) is 0 Å². The van der Waals surface area contributed by atoms with Crippen molar-refractivity contribution in [1.29, 1.82) is 0 Å². The van der Waals surface area contributed by atoms with Crippen LogP contribution < -0.4 is 0 Å². The first kappa shape index (κ1) is 24.0. The first-order valence-electron chi connectivity index (χ1n) is 13.2. The molecule has 178 valence electrons. The zero-order valence-corrected chi connectivity index (χ0v) is 21.6. The van der Waals surface area contributed by atoms with E-state index in [2.05, 4.69) is 47.3 Å². The maximum Gasteiger partial charge on any atom is 0.145 e. The quantitative estimate of drug-likeness (QED) is 0.250. The number of carbonyl (C=O) groups is 2. The van der Waals surface area contributed by atoms with Crippen LogP contribution in [0.2, 0.25) is 0 Å². The van der Waals surface area contributed by atoms with Crippen molar-refractivity contribution < 1.29 is 9.59 Å². The Balaban J connectivity index is 1.57. The molecule has 0 aromatic heterocycles. The number of hydrogen-bond acceptors (Lipinski definition) is 2. The molecule has 4 aliphatic rings. The summed E-state index contributed by atoms with van der Waals surface area (Å²) in [6.07, 6.45) is 14.6. The van der Waals surface area contributed by atoms with Crippen LogP contribution in [0.4, 0.5) is 0 Å². The normalized spacial score (nSPS) is 45.6. The minimum absolute atomic E-state index is 0.161. The molecule has 0 unspecified atom stereocenters. The van der Waals surface area contributed by atoms with Crippen LogP contribution in [0.15, 0.2) is 23.8 Å². The highest BCUT2D eigenvalue weighted by atomic mass is 16.1. The average molecular weight is 439 g/mol. The summed E-state index contributed by atoms with van der Waals surface area (Å²) in [5, 5.41) is 0. The Bertz CT molecular complexity index is 834. The number of carbonyl (C=O) groups excluding carboxylic acids is 2. The molecular formula is C30H46O2. The van der Waals surface area contributed by atoms with E-state index in [1.165, 1.54) is 44.1 Å². The van der Waals surface area contributed by atoms with Gasteiger partial charge in [0, 0.05) is 11.8 Å². The van der Waals surface area contributed by atoms with Gasteiger partial charge in [0.25, 0.3) is 0 Å². The summed E-state index contributed by atoms with van der Waals surface area (Å²) >= 11 is 0. The number of Topliss-reactive ketones (excluding diaryl/α,β-unsaturated/α-hetero) is 1. The van der Waals surface area contributed by atoms with Crippen molar-refractivity contribution in [3.05, 3.63) is 23.8 Å². The van der Waals surface area contributed by atoms with Gasteiger partial charge in [-0.3, -0.25) is 9.59 Å². The van der Waals surface area contributed by atoms with Crippen LogP contribution in [-0.4, -0.2) is 12.1 Å². The molecule has 32 heavy (non-hydrogen) atoms. The predicted octanol–water partition coefficient (Wildman–Crippen LogP) is 7.72. The largest absolute Gasteiger partial charge is 0.299 e. The molecule has 4 rings (SSSR count). The van der Waals surface area contributed by atoms with Crippen LogP contribution in [-0.2, 0) is 9.59 Å². The van der Waals surface area contributed by atoms with Gasteiger partial charge in [0.15, 0.2) is 0 Å². The fourth-order valence-electron chi connectivity index (χ4n) is 9.75. The van der Waals surface area contributed by atoms with E-state index in [9.17, 15) is 9.59 Å². The van der Waals surface area contributed by atoms with Crippen LogP contribution in [0.1, 0.15) is 106 Å². The minimum atomic E-state index is -0.161. The Morgan fingerprint density at radius 3 is 2.34 bits per heavy atom. The second kappa shape index (κ2) is 7.95. The Labute approximate surface area is 196 Å². The fourth-order valence-corrected chi connectivity index (χ4v) is 9.75. The first-order chi connectivity index (χ1) is 14.9. The summed E-state index contributed by atoms with van der Waals surface area (Å²) in [4.78, 5) is 23.7. The van der Waals surface area contributed by atoms with Crippen LogP contribution in [0.25, 0.3) is 0 Å². The summed E-state index contributed by atoms with van der Waals surface area (Å²) in [5.41, 5.74) is 3.12. The molecule has 0 N–H and O–H groups in total. The molecule has 2 nitrogen and oxygen atoms in total. The summed E-state index contributed by atoms with van der Waals surface area (Å²) in [6, 6.07) is 0. The Morgan fingerprint density at radius 2 is 1.66 bits per heavy atom. The van der Waals surface area contributed by atoms with Gasteiger partial charge in [0.1, 0.15) is 12.1 Å². The molecule has 0 heterocycles. The Hall–Kier alpha value is -1.18. The number of fused-ring (bicyclic) bond motifs is 5.